The Balaban J connectivity index is 1.16. The monoisotopic (exact) mass is 469 g/mol. The van der Waals surface area contributed by atoms with Gasteiger partial charge in [-0.3, -0.25) is 4.98 Å². The van der Waals surface area contributed by atoms with Crippen molar-refractivity contribution in [2.75, 3.05) is 10.6 Å². The van der Waals surface area contributed by atoms with Crippen LogP contribution in [0.2, 0.25) is 0 Å². The molecule has 36 heavy (non-hydrogen) atoms. The molecule has 0 saturated heterocycles. The summed E-state index contributed by atoms with van der Waals surface area (Å²) in [7, 11) is 0. The number of hydrogen-bond acceptors (Lipinski definition) is 5. The molecule has 0 saturated carbocycles. The Morgan fingerprint density at radius 1 is 0.500 bits per heavy atom. The highest BCUT2D eigenvalue weighted by molar-refractivity contribution is 5.73. The van der Waals surface area contributed by atoms with Gasteiger partial charge >= 0.3 is 0 Å². The summed E-state index contributed by atoms with van der Waals surface area (Å²) in [5.41, 5.74) is 8.46. The molecule has 2 atom stereocenters. The molecule has 7 rings (SSSR count). The minimum Gasteiger partial charge on any atom is -0.464 e. The molecule has 4 aromatic carbocycles. The molecule has 0 aliphatic carbocycles. The summed E-state index contributed by atoms with van der Waals surface area (Å²) < 4.78 is 12.2. The summed E-state index contributed by atoms with van der Waals surface area (Å²) in [6.45, 7) is 0. The molecular weight excluding hydrogens is 446 g/mol. The largest absolute Gasteiger partial charge is 0.464 e. The molecule has 0 bridgehead atoms. The van der Waals surface area contributed by atoms with E-state index in [1.165, 1.54) is 0 Å². The van der Waals surface area contributed by atoms with Crippen molar-refractivity contribution < 1.29 is 9.47 Å². The molecule has 1 aromatic heterocycles. The Labute approximate surface area is 209 Å². The summed E-state index contributed by atoms with van der Waals surface area (Å²) in [5.74, 6) is 1.75. The molecule has 0 fully saturated rings. The molecule has 174 valence electrons. The van der Waals surface area contributed by atoms with E-state index in [9.17, 15) is 0 Å². The van der Waals surface area contributed by atoms with Gasteiger partial charge in [0.25, 0.3) is 0 Å². The molecule has 2 unspecified atom stereocenters. The minimum atomic E-state index is -0.210. The van der Waals surface area contributed by atoms with Gasteiger partial charge in [0.05, 0.1) is 11.4 Å². The Morgan fingerprint density at radius 2 is 1.00 bits per heavy atom. The predicted octanol–water partition coefficient (Wildman–Crippen LogP) is 7.42. The van der Waals surface area contributed by atoms with E-state index in [1.54, 1.807) is 0 Å². The van der Waals surface area contributed by atoms with Gasteiger partial charge in [-0.05, 0) is 53.6 Å². The van der Waals surface area contributed by atoms with Gasteiger partial charge in [-0.25, -0.2) is 0 Å². The van der Waals surface area contributed by atoms with Crippen LogP contribution >= 0.6 is 0 Å². The van der Waals surface area contributed by atoms with E-state index in [1.807, 2.05) is 60.9 Å². The average Bonchev–Trinajstić information content (AvgIpc) is 3.58. The third-order valence-electron chi connectivity index (χ3n) is 6.62. The third kappa shape index (κ3) is 3.71. The highest BCUT2D eigenvalue weighted by Crippen LogP contribution is 2.39. The first-order chi connectivity index (χ1) is 17.8. The van der Waals surface area contributed by atoms with Crippen LogP contribution in [0.1, 0.15) is 23.6 Å². The van der Waals surface area contributed by atoms with Gasteiger partial charge in [0.2, 0.25) is 0 Å². The van der Waals surface area contributed by atoms with Gasteiger partial charge in [-0.2, -0.15) is 0 Å². The first kappa shape index (κ1) is 20.6. The smallest absolute Gasteiger partial charge is 0.196 e. The van der Waals surface area contributed by atoms with Crippen LogP contribution in [0.5, 0.6) is 11.5 Å². The lowest BCUT2D eigenvalue weighted by molar-refractivity contribution is 0.260. The molecule has 5 heteroatoms. The summed E-state index contributed by atoms with van der Waals surface area (Å²) in [5, 5.41) is 6.90. The number of nitrogens with one attached hydrogen (secondary N) is 2. The second-order valence-electron chi connectivity index (χ2n) is 8.99. The predicted molar refractivity (Wildman–Crippen MR) is 142 cm³/mol. The first-order valence-corrected chi connectivity index (χ1v) is 12.0. The van der Waals surface area contributed by atoms with E-state index in [4.69, 9.17) is 9.47 Å². The normalized spacial score (nSPS) is 17.2. The van der Waals surface area contributed by atoms with Gasteiger partial charge < -0.3 is 20.1 Å². The molecule has 2 N–H and O–H groups in total. The number of aromatic nitrogens is 1. The summed E-state index contributed by atoms with van der Waals surface area (Å²) in [6.07, 6.45) is 3.39. The van der Waals surface area contributed by atoms with E-state index in [0.29, 0.717) is 0 Å². The van der Waals surface area contributed by atoms with Crippen LogP contribution < -0.4 is 20.1 Å². The van der Waals surface area contributed by atoms with Crippen LogP contribution in [0.3, 0.4) is 0 Å². The van der Waals surface area contributed by atoms with Gasteiger partial charge in [0, 0.05) is 34.6 Å². The Hall–Kier alpha value is -4.77. The van der Waals surface area contributed by atoms with E-state index >= 15 is 0 Å². The Morgan fingerprint density at radius 3 is 1.50 bits per heavy atom. The maximum Gasteiger partial charge on any atom is 0.196 e. The highest BCUT2D eigenvalue weighted by atomic mass is 16.5. The molecule has 3 heterocycles. The van der Waals surface area contributed by atoms with Gasteiger partial charge in [0.15, 0.2) is 12.5 Å². The molecule has 0 amide bonds. The maximum absolute atomic E-state index is 6.12. The van der Waals surface area contributed by atoms with Crippen LogP contribution in [0.25, 0.3) is 22.3 Å². The molecule has 0 radical (unpaired) electrons. The fourth-order valence-electron chi connectivity index (χ4n) is 4.79. The van der Waals surface area contributed by atoms with Crippen molar-refractivity contribution in [3.8, 4) is 33.8 Å². The lowest BCUT2D eigenvalue weighted by Gasteiger charge is -2.14. The number of nitrogens with zero attached hydrogens (tertiary/aromatic N) is 1. The molecule has 5 nitrogen and oxygen atoms in total. The lowest BCUT2D eigenvalue weighted by Crippen LogP contribution is -2.10. The molecule has 0 spiro atoms. The van der Waals surface area contributed by atoms with Crippen LogP contribution in [-0.2, 0) is 0 Å². The summed E-state index contributed by atoms with van der Waals surface area (Å²) in [6, 6.07) is 35.0. The van der Waals surface area contributed by atoms with Crippen molar-refractivity contribution in [2.24, 2.45) is 0 Å². The topological polar surface area (TPSA) is 55.4 Å². The minimum absolute atomic E-state index is 0.210. The van der Waals surface area contributed by atoms with Gasteiger partial charge in [-0.1, -0.05) is 60.7 Å². The van der Waals surface area contributed by atoms with Crippen LogP contribution in [0.4, 0.5) is 11.4 Å². The Bertz CT molecular complexity index is 1420. The van der Waals surface area contributed by atoms with Crippen molar-refractivity contribution >= 4 is 11.4 Å². The number of pyridine rings is 1. The molecule has 2 aliphatic heterocycles. The SMILES string of the molecule is c1cc(-c2cncc(-c3cccc(C4Nc5ccccc5O4)c3)c2)cc(C2Nc3ccccc3O2)c1. The van der Waals surface area contributed by atoms with Crippen LogP contribution in [0, 0.1) is 0 Å². The average molecular weight is 470 g/mol. The van der Waals surface area contributed by atoms with Crippen molar-refractivity contribution in [3.63, 3.8) is 0 Å². The second kappa shape index (κ2) is 8.47. The van der Waals surface area contributed by atoms with Crippen molar-refractivity contribution in [1.29, 1.82) is 0 Å². The van der Waals surface area contributed by atoms with Crippen LogP contribution in [-0.4, -0.2) is 4.98 Å². The number of benzene rings is 4. The fraction of sp³-hybridized carbons (Fsp3) is 0.0645. The molecule has 5 aromatic rings. The molecule has 2 aliphatic rings. The standard InChI is InChI=1S/C31H23N3O2/c1-3-13-28-26(11-1)33-30(35-28)22-9-5-7-20(15-22)24-17-25(19-32-18-24)21-8-6-10-23(16-21)31-34-27-12-2-4-14-29(27)36-31/h1-19,30-31,33-34H. The number of para-hydroxylation sites is 4. The number of hydrogen-bond donors (Lipinski definition) is 2. The number of fused-ring (bicyclic) bond motifs is 2. The van der Waals surface area contributed by atoms with E-state index in [0.717, 1.165) is 56.3 Å². The maximum atomic E-state index is 6.12. The number of anilines is 2. The van der Waals surface area contributed by atoms with Crippen molar-refractivity contribution in [1.82, 2.24) is 4.98 Å². The number of ether oxygens (including phenoxy) is 2. The molecular formula is C31H23N3O2. The zero-order valence-electron chi connectivity index (χ0n) is 19.4. The fourth-order valence-corrected chi connectivity index (χ4v) is 4.79. The summed E-state index contributed by atoms with van der Waals surface area (Å²) in [4.78, 5) is 4.56. The lowest BCUT2D eigenvalue weighted by atomic mass is 9.99. The van der Waals surface area contributed by atoms with E-state index in [2.05, 4.69) is 70.2 Å². The summed E-state index contributed by atoms with van der Waals surface area (Å²) >= 11 is 0. The quantitative estimate of drug-likeness (QED) is 0.287. The highest BCUT2D eigenvalue weighted by Gasteiger charge is 2.24. The van der Waals surface area contributed by atoms with Crippen molar-refractivity contribution in [2.45, 2.75) is 12.5 Å². The van der Waals surface area contributed by atoms with Gasteiger partial charge in [-0.15, -0.1) is 0 Å². The zero-order chi connectivity index (χ0) is 23.9. The van der Waals surface area contributed by atoms with Gasteiger partial charge in [0.1, 0.15) is 11.5 Å². The number of rotatable bonds is 4. The van der Waals surface area contributed by atoms with Crippen LogP contribution in [0.15, 0.2) is 116 Å². The van der Waals surface area contributed by atoms with Crippen molar-refractivity contribution in [3.05, 3.63) is 127 Å². The zero-order valence-corrected chi connectivity index (χ0v) is 19.4. The first-order valence-electron chi connectivity index (χ1n) is 12.0. The van der Waals surface area contributed by atoms with E-state index < -0.39 is 0 Å². The third-order valence-corrected chi connectivity index (χ3v) is 6.62. The second-order valence-corrected chi connectivity index (χ2v) is 8.99. The van der Waals surface area contributed by atoms with E-state index in [-0.39, 0.29) is 12.5 Å². The Kier molecular flexibility index (Phi) is 4.84.